The average Bonchev–Trinajstić information content (AvgIpc) is 2.97. The van der Waals surface area contributed by atoms with E-state index in [-0.39, 0.29) is 12.0 Å². The summed E-state index contributed by atoms with van der Waals surface area (Å²) in [7, 11) is 0. The van der Waals surface area contributed by atoms with Crippen LogP contribution in [0.5, 0.6) is 5.75 Å². The molecule has 0 radical (unpaired) electrons. The molecule has 1 saturated heterocycles. The predicted molar refractivity (Wildman–Crippen MR) is 83.4 cm³/mol. The summed E-state index contributed by atoms with van der Waals surface area (Å²) in [6.45, 7) is 1.29. The molecule has 2 N–H and O–H groups in total. The highest BCUT2D eigenvalue weighted by atomic mass is 16.5. The van der Waals surface area contributed by atoms with Crippen molar-refractivity contribution in [2.75, 3.05) is 18.5 Å². The number of anilines is 1. The maximum Gasteiger partial charge on any atom is 0.307 e. The molecule has 0 aromatic heterocycles. The Morgan fingerprint density at radius 3 is 2.74 bits per heavy atom. The summed E-state index contributed by atoms with van der Waals surface area (Å²) in [6, 6.07) is 7.15. The van der Waals surface area contributed by atoms with Crippen molar-refractivity contribution in [3.8, 4) is 5.75 Å². The van der Waals surface area contributed by atoms with Crippen LogP contribution in [0.1, 0.15) is 25.7 Å². The summed E-state index contributed by atoms with van der Waals surface area (Å²) >= 11 is 0. The van der Waals surface area contributed by atoms with Crippen LogP contribution < -0.4 is 10.1 Å². The Morgan fingerprint density at radius 2 is 2.09 bits per heavy atom. The molecule has 1 aromatic rings. The Hall–Kier alpha value is -2.08. The molecule has 2 fully saturated rings. The lowest BCUT2D eigenvalue weighted by molar-refractivity contribution is -0.151. The van der Waals surface area contributed by atoms with Gasteiger partial charge in [0.15, 0.2) is 0 Å². The minimum Gasteiger partial charge on any atom is -0.491 e. The zero-order chi connectivity index (χ0) is 16.2. The molecule has 1 aliphatic carbocycles. The molecule has 6 nitrogen and oxygen atoms in total. The Labute approximate surface area is 134 Å². The predicted octanol–water partition coefficient (Wildman–Crippen LogP) is 2.29. The summed E-state index contributed by atoms with van der Waals surface area (Å²) in [4.78, 5) is 23.2. The first-order valence-electron chi connectivity index (χ1n) is 8.01. The summed E-state index contributed by atoms with van der Waals surface area (Å²) in [6.07, 6.45) is 3.40. The van der Waals surface area contributed by atoms with Crippen molar-refractivity contribution in [3.63, 3.8) is 0 Å². The maximum absolute atomic E-state index is 12.2. The minimum atomic E-state index is -0.898. The topological polar surface area (TPSA) is 84.9 Å². The van der Waals surface area contributed by atoms with Gasteiger partial charge < -0.3 is 19.9 Å². The fraction of sp³-hybridized carbons (Fsp3) is 0.529. The van der Waals surface area contributed by atoms with Crippen molar-refractivity contribution >= 4 is 17.6 Å². The molecule has 0 bridgehead atoms. The molecule has 1 amide bonds. The van der Waals surface area contributed by atoms with Crippen molar-refractivity contribution in [1.29, 1.82) is 0 Å². The number of hydrogen-bond donors (Lipinski definition) is 2. The van der Waals surface area contributed by atoms with E-state index in [1.54, 1.807) is 18.2 Å². The zero-order valence-electron chi connectivity index (χ0n) is 12.9. The van der Waals surface area contributed by atoms with Crippen LogP contribution in [-0.4, -0.2) is 36.3 Å². The molecule has 23 heavy (non-hydrogen) atoms. The van der Waals surface area contributed by atoms with Gasteiger partial charge in [-0.3, -0.25) is 9.59 Å². The number of nitrogens with one attached hydrogen (secondary N) is 1. The number of aliphatic carboxylic acids is 1. The Kier molecular flexibility index (Phi) is 4.81. The molecular weight excluding hydrogens is 298 g/mol. The molecular formula is C17H21NO5. The van der Waals surface area contributed by atoms with Gasteiger partial charge >= 0.3 is 5.97 Å². The molecule has 1 aliphatic heterocycles. The molecule has 3 rings (SSSR count). The quantitative estimate of drug-likeness (QED) is 0.840. The van der Waals surface area contributed by atoms with Crippen LogP contribution in [0.15, 0.2) is 24.3 Å². The van der Waals surface area contributed by atoms with Gasteiger partial charge in [0.2, 0.25) is 5.91 Å². The molecule has 2 aliphatic rings. The third kappa shape index (κ3) is 3.82. The molecule has 1 heterocycles. The number of ether oxygens (including phenoxy) is 2. The van der Waals surface area contributed by atoms with Gasteiger partial charge in [-0.05, 0) is 37.8 Å². The van der Waals surface area contributed by atoms with E-state index in [1.165, 1.54) is 0 Å². The van der Waals surface area contributed by atoms with Crippen molar-refractivity contribution in [2.45, 2.75) is 31.8 Å². The third-order valence-corrected chi connectivity index (χ3v) is 4.49. The summed E-state index contributed by atoms with van der Waals surface area (Å²) in [5, 5.41) is 11.8. The molecule has 3 unspecified atom stereocenters. The number of amides is 1. The smallest absolute Gasteiger partial charge is 0.307 e. The van der Waals surface area contributed by atoms with E-state index >= 15 is 0 Å². The van der Waals surface area contributed by atoms with Crippen molar-refractivity contribution in [3.05, 3.63) is 24.3 Å². The van der Waals surface area contributed by atoms with Gasteiger partial charge in [-0.1, -0.05) is 6.07 Å². The van der Waals surface area contributed by atoms with E-state index in [0.717, 1.165) is 19.4 Å². The monoisotopic (exact) mass is 319 g/mol. The summed E-state index contributed by atoms with van der Waals surface area (Å²) in [5.41, 5.74) is 0.621. The van der Waals surface area contributed by atoms with Gasteiger partial charge in [0.1, 0.15) is 12.4 Å². The lowest BCUT2D eigenvalue weighted by atomic mass is 9.73. The van der Waals surface area contributed by atoms with Gasteiger partial charge in [-0.25, -0.2) is 0 Å². The van der Waals surface area contributed by atoms with Crippen molar-refractivity contribution in [2.24, 2.45) is 11.8 Å². The first-order chi connectivity index (χ1) is 11.1. The van der Waals surface area contributed by atoms with Gasteiger partial charge in [-0.15, -0.1) is 0 Å². The fourth-order valence-electron chi connectivity index (χ4n) is 2.97. The number of carbonyl (C=O) groups excluding carboxylic acids is 1. The lowest BCUT2D eigenvalue weighted by Gasteiger charge is -2.31. The van der Waals surface area contributed by atoms with E-state index < -0.39 is 17.8 Å². The Bertz CT molecular complexity index is 582. The fourth-order valence-corrected chi connectivity index (χ4v) is 2.97. The first-order valence-corrected chi connectivity index (χ1v) is 8.01. The molecule has 1 saturated carbocycles. The van der Waals surface area contributed by atoms with E-state index in [4.69, 9.17) is 14.6 Å². The second kappa shape index (κ2) is 7.00. The largest absolute Gasteiger partial charge is 0.491 e. The lowest BCUT2D eigenvalue weighted by Crippen LogP contribution is -2.41. The minimum absolute atomic E-state index is 0.138. The molecule has 124 valence electrons. The van der Waals surface area contributed by atoms with Crippen LogP contribution in [0.25, 0.3) is 0 Å². The SMILES string of the molecule is O=C(O)C1CCC1C(=O)Nc1cccc(OCC2CCCO2)c1. The van der Waals surface area contributed by atoms with Crippen LogP contribution in [0, 0.1) is 11.8 Å². The number of carbonyl (C=O) groups is 2. The van der Waals surface area contributed by atoms with Crippen LogP contribution in [0.4, 0.5) is 5.69 Å². The Balaban J connectivity index is 1.54. The van der Waals surface area contributed by atoms with Crippen LogP contribution in [-0.2, 0) is 14.3 Å². The Morgan fingerprint density at radius 1 is 1.26 bits per heavy atom. The summed E-state index contributed by atoms with van der Waals surface area (Å²) < 4.78 is 11.2. The summed E-state index contributed by atoms with van der Waals surface area (Å²) in [5.74, 6) is -1.47. The van der Waals surface area contributed by atoms with E-state index in [1.807, 2.05) is 6.07 Å². The van der Waals surface area contributed by atoms with Gasteiger partial charge in [0, 0.05) is 18.4 Å². The van der Waals surface area contributed by atoms with Gasteiger partial charge in [-0.2, -0.15) is 0 Å². The highest BCUT2D eigenvalue weighted by Gasteiger charge is 2.41. The highest BCUT2D eigenvalue weighted by Crippen LogP contribution is 2.35. The standard InChI is InChI=1S/C17H21NO5/c19-16(14-6-7-15(14)17(20)21)18-11-3-1-4-12(9-11)23-10-13-5-2-8-22-13/h1,3-4,9,13-15H,2,5-8,10H2,(H,18,19)(H,20,21). The van der Waals surface area contributed by atoms with E-state index in [0.29, 0.717) is 30.9 Å². The van der Waals surface area contributed by atoms with Crippen molar-refractivity contribution < 1.29 is 24.2 Å². The molecule has 3 atom stereocenters. The molecule has 6 heteroatoms. The van der Waals surface area contributed by atoms with Crippen molar-refractivity contribution in [1.82, 2.24) is 0 Å². The first kappa shape index (κ1) is 15.8. The van der Waals surface area contributed by atoms with E-state index in [2.05, 4.69) is 5.32 Å². The van der Waals surface area contributed by atoms with Gasteiger partial charge in [0.05, 0.1) is 17.9 Å². The zero-order valence-corrected chi connectivity index (χ0v) is 12.9. The highest BCUT2D eigenvalue weighted by molar-refractivity contribution is 5.96. The van der Waals surface area contributed by atoms with Gasteiger partial charge in [0.25, 0.3) is 0 Å². The number of benzene rings is 1. The van der Waals surface area contributed by atoms with Crippen LogP contribution >= 0.6 is 0 Å². The number of hydrogen-bond acceptors (Lipinski definition) is 4. The van der Waals surface area contributed by atoms with E-state index in [9.17, 15) is 9.59 Å². The maximum atomic E-state index is 12.2. The second-order valence-corrected chi connectivity index (χ2v) is 6.09. The average molecular weight is 319 g/mol. The second-order valence-electron chi connectivity index (χ2n) is 6.09. The van der Waals surface area contributed by atoms with Crippen LogP contribution in [0.3, 0.4) is 0 Å². The number of rotatable bonds is 6. The third-order valence-electron chi connectivity index (χ3n) is 4.49. The van der Waals surface area contributed by atoms with Crippen LogP contribution in [0.2, 0.25) is 0 Å². The molecule has 0 spiro atoms. The number of carboxylic acid groups (broad SMARTS) is 1. The molecule has 1 aromatic carbocycles. The normalized spacial score (nSPS) is 26.3. The number of carboxylic acids is 1.